The van der Waals surface area contributed by atoms with E-state index in [4.69, 9.17) is 4.79 Å². The van der Waals surface area contributed by atoms with Crippen LogP contribution in [-0.4, -0.2) is 13.6 Å². The highest BCUT2D eigenvalue weighted by atomic mass is 35.5. The largest absolute Gasteiger partial charge is 0.471 e. The Balaban J connectivity index is 0. The Morgan fingerprint density at radius 3 is 1.27 bits per heavy atom. The molecule has 1 aromatic carbocycles. The molecule has 11 heavy (non-hydrogen) atoms. The summed E-state index contributed by atoms with van der Waals surface area (Å²) in [5.74, 6) is 0. The van der Waals surface area contributed by atoms with Crippen LogP contribution in [0.25, 0.3) is 0 Å². The number of carbonyl (C=O) groups is 1. The van der Waals surface area contributed by atoms with Crippen molar-refractivity contribution in [1.29, 1.82) is 0 Å². The molecular formula is C8H11ClO2. The van der Waals surface area contributed by atoms with Gasteiger partial charge in [0.25, 0.3) is 6.47 Å². The van der Waals surface area contributed by atoms with E-state index in [-0.39, 0.29) is 12.4 Å². The van der Waals surface area contributed by atoms with Gasteiger partial charge < -0.3 is 4.74 Å². The summed E-state index contributed by atoms with van der Waals surface area (Å²) in [6.45, 7) is 0.375. The number of hydrogen-bond donors (Lipinski definition) is 0. The van der Waals surface area contributed by atoms with Gasteiger partial charge in [-0.3, -0.25) is 4.79 Å². The molecule has 0 amide bonds. The maximum Gasteiger partial charge on any atom is 0.292 e. The second-order valence-electron chi connectivity index (χ2n) is 1.49. The fraction of sp³-hybridized carbons (Fsp3) is 0.125. The van der Waals surface area contributed by atoms with Gasteiger partial charge in [-0.05, 0) is 0 Å². The number of methoxy groups -OCH3 is 1. The van der Waals surface area contributed by atoms with Crippen LogP contribution in [0.2, 0.25) is 0 Å². The van der Waals surface area contributed by atoms with E-state index >= 15 is 0 Å². The van der Waals surface area contributed by atoms with E-state index in [2.05, 4.69) is 4.74 Å². The van der Waals surface area contributed by atoms with Crippen LogP contribution < -0.4 is 0 Å². The maximum atomic E-state index is 8.95. The molecule has 0 N–H and O–H groups in total. The Morgan fingerprint density at radius 2 is 1.18 bits per heavy atom. The van der Waals surface area contributed by atoms with E-state index in [1.165, 1.54) is 7.11 Å². The third-order valence-electron chi connectivity index (χ3n) is 0.763. The predicted octanol–water partition coefficient (Wildman–Crippen LogP) is 1.90. The topological polar surface area (TPSA) is 26.3 Å². The summed E-state index contributed by atoms with van der Waals surface area (Å²) in [6, 6.07) is 12.0. The number of rotatable bonds is 1. The SMILES string of the molecule is COC=O.Cl.c1ccccc1. The standard InChI is InChI=1S/C6H6.C2H4O2.ClH/c1-2-4-6-5-3-1;1-4-2-3;/h1-6H;2H,1H3;1H. The smallest absolute Gasteiger partial charge is 0.292 e. The minimum Gasteiger partial charge on any atom is -0.471 e. The summed E-state index contributed by atoms with van der Waals surface area (Å²) >= 11 is 0. The highest BCUT2D eigenvalue weighted by molar-refractivity contribution is 5.85. The van der Waals surface area contributed by atoms with Gasteiger partial charge in [-0.1, -0.05) is 36.4 Å². The van der Waals surface area contributed by atoms with Gasteiger partial charge in [0.2, 0.25) is 0 Å². The van der Waals surface area contributed by atoms with Crippen molar-refractivity contribution in [2.75, 3.05) is 7.11 Å². The number of ether oxygens (including phenoxy) is 1. The summed E-state index contributed by atoms with van der Waals surface area (Å²) in [5.41, 5.74) is 0. The number of halogens is 1. The van der Waals surface area contributed by atoms with Crippen LogP contribution in [0, 0.1) is 0 Å². The normalized spacial score (nSPS) is 6.27. The Morgan fingerprint density at radius 1 is 1.00 bits per heavy atom. The lowest BCUT2D eigenvalue weighted by Crippen LogP contribution is -1.68. The molecule has 0 aromatic heterocycles. The van der Waals surface area contributed by atoms with E-state index in [0.717, 1.165) is 0 Å². The summed E-state index contributed by atoms with van der Waals surface area (Å²) < 4.78 is 3.86. The van der Waals surface area contributed by atoms with Crippen molar-refractivity contribution >= 4 is 18.9 Å². The quantitative estimate of drug-likeness (QED) is 0.608. The third-order valence-corrected chi connectivity index (χ3v) is 0.763. The average Bonchev–Trinajstić information content (AvgIpc) is 2.08. The molecule has 0 saturated carbocycles. The lowest BCUT2D eigenvalue weighted by molar-refractivity contribution is -0.126. The van der Waals surface area contributed by atoms with Gasteiger partial charge in [0.1, 0.15) is 0 Å². The molecule has 62 valence electrons. The second-order valence-corrected chi connectivity index (χ2v) is 1.49. The highest BCUT2D eigenvalue weighted by Gasteiger charge is 1.57. The fourth-order valence-corrected chi connectivity index (χ4v) is 0.385. The molecule has 0 heterocycles. The van der Waals surface area contributed by atoms with Crippen LogP contribution in [-0.2, 0) is 9.53 Å². The van der Waals surface area contributed by atoms with Crippen molar-refractivity contribution in [1.82, 2.24) is 0 Å². The molecule has 0 aliphatic rings. The predicted molar refractivity (Wildman–Crippen MR) is 46.8 cm³/mol. The van der Waals surface area contributed by atoms with Gasteiger partial charge in [-0.15, -0.1) is 12.4 Å². The number of carbonyl (C=O) groups excluding carboxylic acids is 1. The van der Waals surface area contributed by atoms with Crippen LogP contribution in [0.3, 0.4) is 0 Å². The molecule has 0 saturated heterocycles. The van der Waals surface area contributed by atoms with Crippen molar-refractivity contribution in [3.05, 3.63) is 36.4 Å². The third kappa shape index (κ3) is 12.2. The van der Waals surface area contributed by atoms with E-state index in [0.29, 0.717) is 6.47 Å². The molecule has 0 unspecified atom stereocenters. The number of hydrogen-bond acceptors (Lipinski definition) is 2. The first-order valence-corrected chi connectivity index (χ1v) is 2.88. The van der Waals surface area contributed by atoms with Gasteiger partial charge in [-0.25, -0.2) is 0 Å². The van der Waals surface area contributed by atoms with Crippen LogP contribution >= 0.6 is 12.4 Å². The molecule has 0 atom stereocenters. The van der Waals surface area contributed by atoms with E-state index in [1.807, 2.05) is 36.4 Å². The Hall–Kier alpha value is -1.02. The summed E-state index contributed by atoms with van der Waals surface area (Å²) in [4.78, 5) is 8.95. The molecule has 0 aliphatic carbocycles. The highest BCUT2D eigenvalue weighted by Crippen LogP contribution is 1.79. The first kappa shape index (κ1) is 12.6. The molecule has 3 heteroatoms. The zero-order valence-corrected chi connectivity index (χ0v) is 7.08. The molecule has 1 rings (SSSR count). The second kappa shape index (κ2) is 11.7. The Kier molecular flexibility index (Phi) is 13.5. The first-order valence-electron chi connectivity index (χ1n) is 2.88. The molecule has 0 bridgehead atoms. The van der Waals surface area contributed by atoms with Crippen molar-refractivity contribution in [3.8, 4) is 0 Å². The molecule has 2 nitrogen and oxygen atoms in total. The van der Waals surface area contributed by atoms with Crippen molar-refractivity contribution in [3.63, 3.8) is 0 Å². The monoisotopic (exact) mass is 174 g/mol. The fourth-order valence-electron chi connectivity index (χ4n) is 0.385. The van der Waals surface area contributed by atoms with Gasteiger partial charge in [0.15, 0.2) is 0 Å². The van der Waals surface area contributed by atoms with Gasteiger partial charge in [0.05, 0.1) is 7.11 Å². The molecular weight excluding hydrogens is 164 g/mol. The van der Waals surface area contributed by atoms with Crippen LogP contribution in [0.1, 0.15) is 0 Å². The molecule has 1 aromatic rings. The Labute approximate surface area is 72.6 Å². The molecule has 0 spiro atoms. The van der Waals surface area contributed by atoms with Crippen molar-refractivity contribution in [2.45, 2.75) is 0 Å². The van der Waals surface area contributed by atoms with Crippen LogP contribution in [0.15, 0.2) is 36.4 Å². The summed E-state index contributed by atoms with van der Waals surface area (Å²) in [6.07, 6.45) is 0. The van der Waals surface area contributed by atoms with Crippen molar-refractivity contribution < 1.29 is 9.53 Å². The first-order chi connectivity index (χ1) is 4.91. The minimum absolute atomic E-state index is 0. The van der Waals surface area contributed by atoms with Crippen LogP contribution in [0.5, 0.6) is 0 Å². The zero-order chi connectivity index (χ0) is 7.66. The van der Waals surface area contributed by atoms with E-state index in [1.54, 1.807) is 0 Å². The zero-order valence-electron chi connectivity index (χ0n) is 6.27. The van der Waals surface area contributed by atoms with Gasteiger partial charge >= 0.3 is 0 Å². The van der Waals surface area contributed by atoms with Gasteiger partial charge in [-0.2, -0.15) is 0 Å². The molecule has 0 fully saturated rings. The van der Waals surface area contributed by atoms with E-state index in [9.17, 15) is 0 Å². The van der Waals surface area contributed by atoms with E-state index < -0.39 is 0 Å². The summed E-state index contributed by atoms with van der Waals surface area (Å²) in [5, 5.41) is 0. The average molecular weight is 175 g/mol. The Bertz CT molecular complexity index is 127. The molecule has 0 aliphatic heterocycles. The summed E-state index contributed by atoms with van der Waals surface area (Å²) in [7, 11) is 1.31. The minimum atomic E-state index is 0. The van der Waals surface area contributed by atoms with Crippen LogP contribution in [0.4, 0.5) is 0 Å². The maximum absolute atomic E-state index is 8.95. The number of benzene rings is 1. The lowest BCUT2D eigenvalue weighted by atomic mass is 10.4. The van der Waals surface area contributed by atoms with Gasteiger partial charge in [0, 0.05) is 0 Å². The van der Waals surface area contributed by atoms with Crippen molar-refractivity contribution in [2.24, 2.45) is 0 Å². The lowest BCUT2D eigenvalue weighted by Gasteiger charge is -1.69. The molecule has 0 radical (unpaired) electrons.